The first-order chi connectivity index (χ1) is 13.6. The second-order valence-electron chi connectivity index (χ2n) is 6.87. The number of alkyl halides is 1. The van der Waals surface area contributed by atoms with Crippen LogP contribution in [0.2, 0.25) is 5.02 Å². The van der Waals surface area contributed by atoms with Gasteiger partial charge in [0.1, 0.15) is 12.4 Å². The Balaban J connectivity index is 1.70. The quantitative estimate of drug-likeness (QED) is 0.753. The standard InChI is InChI=1S/C21H25ClFN3O2/c1-28-18-8-2-15(3-9-18)19-14-26(13-11-23)12-10-20(19)25-21(27)24-17-6-4-16(22)5-7-17/h2-9,19-20H,10-14H2,1H3,(H2,24,25,27). The van der Waals surface area contributed by atoms with Gasteiger partial charge in [0.25, 0.3) is 0 Å². The summed E-state index contributed by atoms with van der Waals surface area (Å²) in [5, 5.41) is 6.54. The smallest absolute Gasteiger partial charge is 0.319 e. The van der Waals surface area contributed by atoms with Gasteiger partial charge in [-0.2, -0.15) is 0 Å². The number of likely N-dealkylation sites (tertiary alicyclic amines) is 1. The maximum atomic E-state index is 12.8. The van der Waals surface area contributed by atoms with E-state index in [4.69, 9.17) is 16.3 Å². The molecular formula is C21H25ClFN3O2. The molecule has 28 heavy (non-hydrogen) atoms. The molecule has 1 saturated heterocycles. The van der Waals surface area contributed by atoms with Gasteiger partial charge in [0, 0.05) is 42.3 Å². The number of ether oxygens (including phenoxy) is 1. The molecule has 2 N–H and O–H groups in total. The molecule has 1 aliphatic rings. The zero-order valence-corrected chi connectivity index (χ0v) is 16.6. The van der Waals surface area contributed by atoms with E-state index in [-0.39, 0.29) is 24.7 Å². The molecule has 0 bridgehead atoms. The maximum Gasteiger partial charge on any atom is 0.319 e. The summed E-state index contributed by atoms with van der Waals surface area (Å²) in [6.45, 7) is 1.49. The van der Waals surface area contributed by atoms with Gasteiger partial charge in [0.2, 0.25) is 0 Å². The van der Waals surface area contributed by atoms with E-state index in [0.29, 0.717) is 23.8 Å². The fourth-order valence-electron chi connectivity index (χ4n) is 3.57. The van der Waals surface area contributed by atoms with Crippen molar-refractivity contribution in [3.05, 3.63) is 59.1 Å². The van der Waals surface area contributed by atoms with Gasteiger partial charge in [-0.1, -0.05) is 23.7 Å². The van der Waals surface area contributed by atoms with Crippen molar-refractivity contribution in [1.29, 1.82) is 0 Å². The lowest BCUT2D eigenvalue weighted by molar-refractivity contribution is 0.165. The molecule has 0 radical (unpaired) electrons. The van der Waals surface area contributed by atoms with Crippen molar-refractivity contribution >= 4 is 23.3 Å². The van der Waals surface area contributed by atoms with E-state index in [1.807, 2.05) is 24.3 Å². The van der Waals surface area contributed by atoms with Crippen LogP contribution in [-0.4, -0.2) is 50.4 Å². The van der Waals surface area contributed by atoms with Crippen LogP contribution in [-0.2, 0) is 0 Å². The molecule has 1 heterocycles. The predicted molar refractivity (Wildman–Crippen MR) is 110 cm³/mol. The number of methoxy groups -OCH3 is 1. The minimum atomic E-state index is -0.371. The number of nitrogens with zero attached hydrogens (tertiary/aromatic N) is 1. The number of carbonyl (C=O) groups is 1. The van der Waals surface area contributed by atoms with Gasteiger partial charge in [-0.15, -0.1) is 0 Å². The fourth-order valence-corrected chi connectivity index (χ4v) is 3.70. The van der Waals surface area contributed by atoms with Gasteiger partial charge in [-0.05, 0) is 48.4 Å². The number of piperidine rings is 1. The number of rotatable bonds is 6. The van der Waals surface area contributed by atoms with Crippen LogP contribution in [0.15, 0.2) is 48.5 Å². The highest BCUT2D eigenvalue weighted by Gasteiger charge is 2.31. The fraction of sp³-hybridized carbons (Fsp3) is 0.381. The van der Waals surface area contributed by atoms with Gasteiger partial charge in [0.15, 0.2) is 0 Å². The number of carbonyl (C=O) groups excluding carboxylic acids is 1. The minimum absolute atomic E-state index is 0.0449. The van der Waals surface area contributed by atoms with Crippen molar-refractivity contribution in [2.45, 2.75) is 18.4 Å². The highest BCUT2D eigenvalue weighted by Crippen LogP contribution is 2.29. The molecule has 2 atom stereocenters. The third kappa shape index (κ3) is 5.36. The van der Waals surface area contributed by atoms with E-state index in [9.17, 15) is 9.18 Å². The van der Waals surface area contributed by atoms with Crippen LogP contribution in [0.1, 0.15) is 17.9 Å². The molecule has 2 unspecified atom stereocenters. The number of nitrogens with one attached hydrogen (secondary N) is 2. The van der Waals surface area contributed by atoms with Gasteiger partial charge in [-0.25, -0.2) is 9.18 Å². The number of amides is 2. The molecule has 2 amide bonds. The van der Waals surface area contributed by atoms with Gasteiger partial charge >= 0.3 is 6.03 Å². The Morgan fingerprint density at radius 1 is 1.21 bits per heavy atom. The van der Waals surface area contributed by atoms with Gasteiger partial charge in [0.05, 0.1) is 7.11 Å². The molecule has 0 spiro atoms. The van der Waals surface area contributed by atoms with Crippen molar-refractivity contribution in [2.75, 3.05) is 38.7 Å². The van der Waals surface area contributed by atoms with E-state index in [1.165, 1.54) is 0 Å². The van der Waals surface area contributed by atoms with Crippen LogP contribution >= 0.6 is 11.6 Å². The lowest BCUT2D eigenvalue weighted by Gasteiger charge is -2.39. The van der Waals surface area contributed by atoms with Crippen molar-refractivity contribution in [2.24, 2.45) is 0 Å². The Hall–Kier alpha value is -2.31. The Morgan fingerprint density at radius 2 is 1.93 bits per heavy atom. The first-order valence-corrected chi connectivity index (χ1v) is 9.72. The molecule has 7 heteroatoms. The van der Waals surface area contributed by atoms with Crippen molar-refractivity contribution in [3.8, 4) is 5.75 Å². The Kier molecular flexibility index (Phi) is 7.12. The Bertz CT molecular complexity index is 770. The maximum absolute atomic E-state index is 12.8. The Labute approximate surface area is 169 Å². The molecule has 3 rings (SSSR count). The molecule has 150 valence electrons. The van der Waals surface area contributed by atoms with E-state index < -0.39 is 0 Å². The third-order valence-corrected chi connectivity index (χ3v) is 5.31. The van der Waals surface area contributed by atoms with Crippen molar-refractivity contribution in [1.82, 2.24) is 10.2 Å². The lowest BCUT2D eigenvalue weighted by atomic mass is 9.86. The monoisotopic (exact) mass is 405 g/mol. The minimum Gasteiger partial charge on any atom is -0.497 e. The summed E-state index contributed by atoms with van der Waals surface area (Å²) in [4.78, 5) is 14.6. The summed E-state index contributed by atoms with van der Waals surface area (Å²) < 4.78 is 18.1. The SMILES string of the molecule is COc1ccc(C2CN(CCF)CCC2NC(=O)Nc2ccc(Cl)cc2)cc1. The van der Waals surface area contributed by atoms with E-state index >= 15 is 0 Å². The average Bonchev–Trinajstić information content (AvgIpc) is 2.71. The van der Waals surface area contributed by atoms with Gasteiger partial charge < -0.3 is 15.4 Å². The van der Waals surface area contributed by atoms with E-state index in [1.54, 1.807) is 31.4 Å². The number of hydrogen-bond donors (Lipinski definition) is 2. The lowest BCUT2D eigenvalue weighted by Crippen LogP contribution is -2.51. The number of anilines is 1. The first-order valence-electron chi connectivity index (χ1n) is 9.34. The Morgan fingerprint density at radius 3 is 2.57 bits per heavy atom. The summed E-state index contributed by atoms with van der Waals surface area (Å²) in [6.07, 6.45) is 0.755. The van der Waals surface area contributed by atoms with Crippen LogP contribution in [0.5, 0.6) is 5.75 Å². The molecule has 1 fully saturated rings. The molecule has 0 saturated carbocycles. The summed E-state index contributed by atoms with van der Waals surface area (Å²) in [5.41, 5.74) is 1.78. The van der Waals surface area contributed by atoms with Crippen molar-refractivity contribution in [3.63, 3.8) is 0 Å². The number of urea groups is 1. The van der Waals surface area contributed by atoms with Gasteiger partial charge in [-0.3, -0.25) is 4.90 Å². The molecule has 2 aromatic rings. The zero-order valence-electron chi connectivity index (χ0n) is 15.8. The summed E-state index contributed by atoms with van der Waals surface area (Å²) in [7, 11) is 1.63. The second kappa shape index (κ2) is 9.75. The van der Waals surface area contributed by atoms with Crippen LogP contribution in [0.25, 0.3) is 0 Å². The summed E-state index contributed by atoms with van der Waals surface area (Å²) in [5.74, 6) is 0.854. The average molecular weight is 406 g/mol. The predicted octanol–water partition coefficient (Wildman–Crippen LogP) is 4.30. The molecular weight excluding hydrogens is 381 g/mol. The highest BCUT2D eigenvalue weighted by molar-refractivity contribution is 6.30. The zero-order chi connectivity index (χ0) is 19.9. The van der Waals surface area contributed by atoms with Crippen LogP contribution < -0.4 is 15.4 Å². The molecule has 2 aromatic carbocycles. The summed E-state index contributed by atoms with van der Waals surface area (Å²) in [6, 6.07) is 14.5. The van der Waals surface area contributed by atoms with E-state index in [0.717, 1.165) is 24.3 Å². The largest absolute Gasteiger partial charge is 0.497 e. The normalized spacial score (nSPS) is 19.8. The number of hydrogen-bond acceptors (Lipinski definition) is 3. The van der Waals surface area contributed by atoms with Crippen LogP contribution in [0.4, 0.5) is 14.9 Å². The second-order valence-corrected chi connectivity index (χ2v) is 7.31. The molecule has 1 aliphatic heterocycles. The van der Waals surface area contributed by atoms with Crippen molar-refractivity contribution < 1.29 is 13.9 Å². The van der Waals surface area contributed by atoms with E-state index in [2.05, 4.69) is 15.5 Å². The molecule has 0 aromatic heterocycles. The van der Waals surface area contributed by atoms with Crippen LogP contribution in [0, 0.1) is 0 Å². The van der Waals surface area contributed by atoms with Crippen LogP contribution in [0.3, 0.4) is 0 Å². The number of halogens is 2. The summed E-state index contributed by atoms with van der Waals surface area (Å²) >= 11 is 5.88. The highest BCUT2D eigenvalue weighted by atomic mass is 35.5. The topological polar surface area (TPSA) is 53.6 Å². The molecule has 0 aliphatic carbocycles. The third-order valence-electron chi connectivity index (χ3n) is 5.06. The molecule has 5 nitrogen and oxygen atoms in total. The number of benzene rings is 2. The first kappa shape index (κ1) is 20.4.